The summed E-state index contributed by atoms with van der Waals surface area (Å²) in [7, 11) is 0. The summed E-state index contributed by atoms with van der Waals surface area (Å²) in [6.45, 7) is 4.23. The Balaban J connectivity index is 2.00. The summed E-state index contributed by atoms with van der Waals surface area (Å²) in [5.74, 6) is 0.687. The third-order valence-electron chi connectivity index (χ3n) is 4.96. The highest BCUT2D eigenvalue weighted by Crippen LogP contribution is 2.48. The van der Waals surface area contributed by atoms with Gasteiger partial charge in [-0.3, -0.25) is 4.79 Å². The van der Waals surface area contributed by atoms with E-state index in [1.807, 2.05) is 24.3 Å². The number of halogens is 1. The first-order chi connectivity index (χ1) is 12.2. The fourth-order valence-electron chi connectivity index (χ4n) is 3.94. The van der Waals surface area contributed by atoms with Gasteiger partial charge in [0.25, 0.3) is 0 Å². The van der Waals surface area contributed by atoms with E-state index in [4.69, 9.17) is 36.0 Å². The third-order valence-corrected chi connectivity index (χ3v) is 5.73. The van der Waals surface area contributed by atoms with Gasteiger partial charge in [0, 0.05) is 34.2 Å². The molecular weight excluding hydrogens is 386 g/mol. The van der Waals surface area contributed by atoms with Crippen molar-refractivity contribution in [2.45, 2.75) is 32.6 Å². The number of aromatic nitrogens is 2. The van der Waals surface area contributed by atoms with Crippen LogP contribution in [0.5, 0.6) is 0 Å². The van der Waals surface area contributed by atoms with Crippen LogP contribution >= 0.6 is 36.0 Å². The van der Waals surface area contributed by atoms with Crippen LogP contribution in [0.3, 0.4) is 0 Å². The van der Waals surface area contributed by atoms with E-state index in [0.717, 1.165) is 34.6 Å². The van der Waals surface area contributed by atoms with Crippen LogP contribution < -0.4 is 5.32 Å². The summed E-state index contributed by atoms with van der Waals surface area (Å²) in [6.07, 6.45) is 1.32. The molecule has 0 amide bonds. The van der Waals surface area contributed by atoms with Crippen LogP contribution in [0.1, 0.15) is 43.7 Å². The summed E-state index contributed by atoms with van der Waals surface area (Å²) < 4.78 is 1.00. The molecule has 4 nitrogen and oxygen atoms in total. The molecule has 0 fully saturated rings. The lowest BCUT2D eigenvalue weighted by atomic mass is 9.69. The predicted octanol–water partition coefficient (Wildman–Crippen LogP) is 5.66. The van der Waals surface area contributed by atoms with Crippen molar-refractivity contribution in [1.82, 2.24) is 9.97 Å². The Hall–Kier alpha value is -1.76. The molecule has 134 valence electrons. The highest BCUT2D eigenvalue weighted by Gasteiger charge is 2.41. The first-order valence-electron chi connectivity index (χ1n) is 8.40. The van der Waals surface area contributed by atoms with Gasteiger partial charge in [-0.25, -0.2) is 0 Å². The van der Waals surface area contributed by atoms with E-state index in [1.165, 1.54) is 0 Å². The molecule has 7 heteroatoms. The predicted molar refractivity (Wildman–Crippen MR) is 109 cm³/mol. The maximum atomic E-state index is 13.1. The molecule has 4 rings (SSSR count). The second-order valence-electron chi connectivity index (χ2n) is 7.64. The van der Waals surface area contributed by atoms with Crippen molar-refractivity contribution >= 4 is 47.6 Å². The summed E-state index contributed by atoms with van der Waals surface area (Å²) in [5, 5.41) is 4.06. The van der Waals surface area contributed by atoms with Gasteiger partial charge in [-0.2, -0.15) is 0 Å². The first-order valence-corrected chi connectivity index (χ1v) is 9.60. The number of allylic oxidation sites excluding steroid dienone is 2. The molecule has 1 atom stereocenters. The summed E-state index contributed by atoms with van der Waals surface area (Å²) >= 11 is 16.9. The van der Waals surface area contributed by atoms with Crippen molar-refractivity contribution in [1.29, 1.82) is 0 Å². The average Bonchev–Trinajstić information content (AvgIpc) is 2.52. The summed E-state index contributed by atoms with van der Waals surface area (Å²) in [5.41, 5.74) is 3.50. The molecule has 0 saturated heterocycles. The standard InChI is InChI=1S/C19H18ClN3OS2/c1-19(2)7-11-14(12(24)8-19)13(9-3-5-10(20)6-4-9)15-16(21-11)22-18(26)23-17(15)25/h3-6,13H,7-8H2,1-2H3,(H3,21,22,23,25,26). The molecule has 2 aromatic rings. The Morgan fingerprint density at radius 3 is 2.50 bits per heavy atom. The molecule has 2 aliphatic rings. The van der Waals surface area contributed by atoms with E-state index in [2.05, 4.69) is 29.1 Å². The number of benzene rings is 1. The van der Waals surface area contributed by atoms with Crippen molar-refractivity contribution in [2.24, 2.45) is 5.41 Å². The average molecular weight is 404 g/mol. The minimum atomic E-state index is -0.238. The number of fused-ring (bicyclic) bond motifs is 1. The number of aromatic amines is 2. The van der Waals surface area contributed by atoms with E-state index < -0.39 is 0 Å². The van der Waals surface area contributed by atoms with Gasteiger partial charge in [-0.1, -0.05) is 49.8 Å². The molecule has 1 unspecified atom stereocenters. The number of nitrogens with one attached hydrogen (secondary N) is 3. The fourth-order valence-corrected chi connectivity index (χ4v) is 4.65. The Morgan fingerprint density at radius 2 is 1.81 bits per heavy atom. The molecule has 2 heterocycles. The molecule has 1 aromatic carbocycles. The smallest absolute Gasteiger partial charge is 0.177 e. The van der Waals surface area contributed by atoms with Crippen LogP contribution in [0.2, 0.25) is 5.02 Å². The normalized spacial score (nSPS) is 21.0. The SMILES string of the molecule is CC1(C)CC(=O)C2=C(C1)Nc1[nH]c(=S)[nH]c(=S)c1C2c1ccc(Cl)cc1. The van der Waals surface area contributed by atoms with Crippen LogP contribution in [-0.2, 0) is 4.79 Å². The number of rotatable bonds is 1. The van der Waals surface area contributed by atoms with Crippen LogP contribution in [0.25, 0.3) is 0 Å². The zero-order valence-corrected chi connectivity index (χ0v) is 16.8. The van der Waals surface area contributed by atoms with Crippen molar-refractivity contribution in [3.05, 3.63) is 61.1 Å². The number of hydrogen-bond acceptors (Lipinski definition) is 4. The largest absolute Gasteiger partial charge is 0.344 e. The van der Waals surface area contributed by atoms with Gasteiger partial charge in [-0.15, -0.1) is 0 Å². The number of Topliss-reactive ketones (excluding diaryl/α,β-unsaturated/α-hetero) is 1. The van der Waals surface area contributed by atoms with E-state index in [9.17, 15) is 4.79 Å². The highest BCUT2D eigenvalue weighted by atomic mass is 35.5. The number of hydrogen-bond donors (Lipinski definition) is 3. The third kappa shape index (κ3) is 2.96. The molecule has 1 aromatic heterocycles. The Morgan fingerprint density at radius 1 is 1.12 bits per heavy atom. The lowest BCUT2D eigenvalue weighted by Crippen LogP contribution is -2.34. The Kier molecular flexibility index (Phi) is 4.17. The lowest BCUT2D eigenvalue weighted by molar-refractivity contribution is -0.118. The van der Waals surface area contributed by atoms with Crippen LogP contribution in [0, 0.1) is 14.8 Å². The topological polar surface area (TPSA) is 60.7 Å². The molecule has 26 heavy (non-hydrogen) atoms. The molecule has 0 radical (unpaired) electrons. The van der Waals surface area contributed by atoms with Gasteiger partial charge >= 0.3 is 0 Å². The number of ketones is 1. The van der Waals surface area contributed by atoms with E-state index in [0.29, 0.717) is 20.9 Å². The van der Waals surface area contributed by atoms with Crippen LogP contribution in [-0.4, -0.2) is 15.8 Å². The van der Waals surface area contributed by atoms with Crippen molar-refractivity contribution in [3.63, 3.8) is 0 Å². The van der Waals surface area contributed by atoms with Crippen LogP contribution in [0.15, 0.2) is 35.5 Å². The quantitative estimate of drug-likeness (QED) is 0.538. The zero-order valence-electron chi connectivity index (χ0n) is 14.4. The summed E-state index contributed by atoms with van der Waals surface area (Å²) in [6, 6.07) is 7.59. The molecule has 0 spiro atoms. The highest BCUT2D eigenvalue weighted by molar-refractivity contribution is 7.72. The number of anilines is 1. The minimum absolute atomic E-state index is 0.0839. The van der Waals surface area contributed by atoms with Crippen molar-refractivity contribution in [2.75, 3.05) is 5.32 Å². The second-order valence-corrected chi connectivity index (χ2v) is 8.89. The van der Waals surface area contributed by atoms with E-state index in [1.54, 1.807) is 0 Å². The second kappa shape index (κ2) is 6.15. The van der Waals surface area contributed by atoms with Gasteiger partial charge in [0.05, 0.1) is 0 Å². The van der Waals surface area contributed by atoms with Gasteiger partial charge in [0.1, 0.15) is 10.5 Å². The molecule has 0 bridgehead atoms. The zero-order chi connectivity index (χ0) is 18.6. The minimum Gasteiger partial charge on any atom is -0.344 e. The van der Waals surface area contributed by atoms with E-state index >= 15 is 0 Å². The van der Waals surface area contributed by atoms with Crippen molar-refractivity contribution < 1.29 is 4.79 Å². The Labute approximate surface area is 166 Å². The number of carbonyl (C=O) groups is 1. The number of H-pyrrole nitrogens is 2. The first kappa shape index (κ1) is 17.6. The van der Waals surface area contributed by atoms with Gasteiger partial charge in [0.2, 0.25) is 0 Å². The molecule has 3 N–H and O–H groups in total. The lowest BCUT2D eigenvalue weighted by Gasteiger charge is -2.39. The molecule has 1 aliphatic carbocycles. The molecular formula is C19H18ClN3OS2. The fraction of sp³-hybridized carbons (Fsp3) is 0.316. The van der Waals surface area contributed by atoms with Crippen LogP contribution in [0.4, 0.5) is 5.82 Å². The maximum absolute atomic E-state index is 13.1. The maximum Gasteiger partial charge on any atom is 0.177 e. The van der Waals surface area contributed by atoms with Gasteiger partial charge < -0.3 is 15.3 Å². The van der Waals surface area contributed by atoms with Crippen molar-refractivity contribution in [3.8, 4) is 0 Å². The number of carbonyl (C=O) groups excluding carboxylic acids is 1. The molecule has 0 saturated carbocycles. The van der Waals surface area contributed by atoms with Gasteiger partial charge in [-0.05, 0) is 41.7 Å². The van der Waals surface area contributed by atoms with Gasteiger partial charge in [0.15, 0.2) is 10.6 Å². The van der Waals surface area contributed by atoms with E-state index in [-0.39, 0.29) is 17.1 Å². The molecule has 1 aliphatic heterocycles. The monoisotopic (exact) mass is 403 g/mol. The Bertz CT molecular complexity index is 1060. The summed E-state index contributed by atoms with van der Waals surface area (Å²) in [4.78, 5) is 19.3.